The second kappa shape index (κ2) is 7.52. The molecule has 1 amide bonds. The van der Waals surface area contributed by atoms with Gasteiger partial charge in [-0.3, -0.25) is 4.90 Å². The van der Waals surface area contributed by atoms with E-state index in [1.165, 1.54) is 25.2 Å². The summed E-state index contributed by atoms with van der Waals surface area (Å²) < 4.78 is 42.7. The minimum absolute atomic E-state index is 0.00420. The third kappa shape index (κ3) is 3.76. The Balaban J connectivity index is 1.67. The monoisotopic (exact) mass is 398 g/mol. The number of cyclic esters (lactones) is 1. The van der Waals surface area contributed by atoms with E-state index in [1.54, 1.807) is 29.6 Å². The Morgan fingerprint density at radius 1 is 1.27 bits per heavy atom. The highest BCUT2D eigenvalue weighted by molar-refractivity contribution is 7.91. The minimum Gasteiger partial charge on any atom is -0.493 e. The molecule has 1 fully saturated rings. The summed E-state index contributed by atoms with van der Waals surface area (Å²) in [5.74, 6) is 1.03. The molecule has 1 aliphatic heterocycles. The maximum Gasteiger partial charge on any atom is 0.414 e. The number of sulfonamides is 1. The number of amides is 1. The van der Waals surface area contributed by atoms with Crippen molar-refractivity contribution in [3.8, 4) is 11.5 Å². The van der Waals surface area contributed by atoms with E-state index >= 15 is 0 Å². The number of ether oxygens (including phenoxy) is 3. The Morgan fingerprint density at radius 2 is 2.04 bits per heavy atom. The van der Waals surface area contributed by atoms with Crippen molar-refractivity contribution in [1.29, 1.82) is 0 Å². The molecule has 1 unspecified atom stereocenters. The van der Waals surface area contributed by atoms with Gasteiger partial charge in [-0.2, -0.15) is 0 Å². The number of hydrogen-bond donors (Lipinski definition) is 1. The Kier molecular flexibility index (Phi) is 5.35. The number of carbonyl (C=O) groups excluding carboxylic acids is 1. The lowest BCUT2D eigenvalue weighted by atomic mass is 10.2. The van der Waals surface area contributed by atoms with Gasteiger partial charge in [-0.15, -0.1) is 11.3 Å². The van der Waals surface area contributed by atoms with Crippen LogP contribution in [0.15, 0.2) is 39.9 Å². The van der Waals surface area contributed by atoms with Crippen LogP contribution in [0.4, 0.5) is 10.5 Å². The topological polar surface area (TPSA) is 94.2 Å². The number of methoxy groups -OCH3 is 2. The molecule has 1 saturated heterocycles. The average molecular weight is 398 g/mol. The van der Waals surface area contributed by atoms with Gasteiger partial charge in [0.1, 0.15) is 10.3 Å². The van der Waals surface area contributed by atoms with Crippen LogP contribution in [0.5, 0.6) is 11.5 Å². The maximum absolute atomic E-state index is 12.2. The second-order valence-corrected chi connectivity index (χ2v) is 8.38. The van der Waals surface area contributed by atoms with Gasteiger partial charge in [0, 0.05) is 12.6 Å². The van der Waals surface area contributed by atoms with E-state index in [0.29, 0.717) is 17.2 Å². The zero-order valence-corrected chi connectivity index (χ0v) is 15.8. The number of nitrogens with zero attached hydrogens (tertiary/aromatic N) is 1. The van der Waals surface area contributed by atoms with E-state index < -0.39 is 22.2 Å². The molecule has 0 saturated carbocycles. The number of nitrogens with one attached hydrogen (secondary N) is 1. The Labute approximate surface area is 155 Å². The molecule has 1 aliphatic rings. The molecule has 8 nitrogen and oxygen atoms in total. The number of rotatable bonds is 7. The van der Waals surface area contributed by atoms with Gasteiger partial charge in [-0.05, 0) is 23.6 Å². The van der Waals surface area contributed by atoms with Crippen LogP contribution in [-0.4, -0.2) is 47.9 Å². The van der Waals surface area contributed by atoms with Gasteiger partial charge in [0.25, 0.3) is 0 Å². The summed E-state index contributed by atoms with van der Waals surface area (Å²) in [7, 11) is -0.570. The van der Waals surface area contributed by atoms with Crippen molar-refractivity contribution in [2.75, 3.05) is 32.2 Å². The molecule has 1 atom stereocenters. The van der Waals surface area contributed by atoms with Gasteiger partial charge in [-0.1, -0.05) is 6.07 Å². The Morgan fingerprint density at radius 3 is 2.69 bits per heavy atom. The first-order valence-corrected chi connectivity index (χ1v) is 10.0. The summed E-state index contributed by atoms with van der Waals surface area (Å²) in [6, 6.07) is 8.24. The largest absolute Gasteiger partial charge is 0.493 e. The van der Waals surface area contributed by atoms with Crippen molar-refractivity contribution < 1.29 is 27.4 Å². The van der Waals surface area contributed by atoms with Crippen molar-refractivity contribution in [2.45, 2.75) is 10.3 Å². The van der Waals surface area contributed by atoms with Crippen LogP contribution >= 0.6 is 11.3 Å². The van der Waals surface area contributed by atoms with E-state index in [-0.39, 0.29) is 17.3 Å². The van der Waals surface area contributed by atoms with Crippen LogP contribution in [-0.2, 0) is 14.8 Å². The molecule has 2 aromatic rings. The Bertz CT molecular complexity index is 882. The van der Waals surface area contributed by atoms with Gasteiger partial charge in [-0.25, -0.2) is 17.9 Å². The van der Waals surface area contributed by atoms with Crippen LogP contribution in [0.2, 0.25) is 0 Å². The summed E-state index contributed by atoms with van der Waals surface area (Å²) >= 11 is 1.12. The predicted molar refractivity (Wildman–Crippen MR) is 96.7 cm³/mol. The maximum atomic E-state index is 12.2. The molecule has 0 spiro atoms. The molecule has 10 heteroatoms. The number of hydrogen-bond acceptors (Lipinski definition) is 7. The molecule has 26 heavy (non-hydrogen) atoms. The molecule has 0 radical (unpaired) electrons. The quantitative estimate of drug-likeness (QED) is 0.767. The molecule has 0 aliphatic carbocycles. The van der Waals surface area contributed by atoms with Crippen LogP contribution in [0.1, 0.15) is 0 Å². The van der Waals surface area contributed by atoms with Gasteiger partial charge in [0.15, 0.2) is 11.5 Å². The smallest absolute Gasteiger partial charge is 0.414 e. The molecule has 2 heterocycles. The van der Waals surface area contributed by atoms with Crippen LogP contribution in [0.25, 0.3) is 0 Å². The fourth-order valence-corrected chi connectivity index (χ4v) is 4.63. The zero-order chi connectivity index (χ0) is 18.7. The second-order valence-electron chi connectivity index (χ2n) is 5.44. The first-order chi connectivity index (χ1) is 12.4. The van der Waals surface area contributed by atoms with E-state index in [4.69, 9.17) is 14.2 Å². The predicted octanol–water partition coefficient (Wildman–Crippen LogP) is 2.07. The molecule has 0 bridgehead atoms. The highest BCUT2D eigenvalue weighted by Gasteiger charge is 2.33. The normalized spacial score (nSPS) is 17.2. The van der Waals surface area contributed by atoms with Crippen LogP contribution < -0.4 is 19.1 Å². The lowest BCUT2D eigenvalue weighted by Crippen LogP contribution is -2.34. The highest BCUT2D eigenvalue weighted by Crippen LogP contribution is 2.33. The fourth-order valence-electron chi connectivity index (χ4n) is 2.52. The van der Waals surface area contributed by atoms with E-state index in [0.717, 1.165) is 11.3 Å². The zero-order valence-electron chi connectivity index (χ0n) is 14.2. The van der Waals surface area contributed by atoms with Crippen LogP contribution in [0, 0.1) is 0 Å². The highest BCUT2D eigenvalue weighted by atomic mass is 32.2. The Hall–Kier alpha value is -2.30. The van der Waals surface area contributed by atoms with Crippen molar-refractivity contribution in [1.82, 2.24) is 4.72 Å². The molecule has 1 N–H and O–H groups in total. The van der Waals surface area contributed by atoms with Gasteiger partial charge >= 0.3 is 6.09 Å². The molecule has 1 aromatic carbocycles. The van der Waals surface area contributed by atoms with Gasteiger partial charge < -0.3 is 14.2 Å². The molecule has 3 rings (SSSR count). The van der Waals surface area contributed by atoms with Crippen molar-refractivity contribution in [2.24, 2.45) is 0 Å². The lowest BCUT2D eigenvalue weighted by molar-refractivity contribution is 0.143. The fraction of sp³-hybridized carbons (Fsp3) is 0.312. The molecule has 1 aromatic heterocycles. The average Bonchev–Trinajstić information content (AvgIpc) is 3.30. The number of anilines is 1. The summed E-state index contributed by atoms with van der Waals surface area (Å²) in [5, 5.41) is 1.68. The third-order valence-electron chi connectivity index (χ3n) is 3.81. The number of carbonyl (C=O) groups is 1. The molecule has 140 valence electrons. The number of thiophene rings is 1. The molecular formula is C16H18N2O6S2. The standard InChI is InChI=1S/C16H18N2O6S2/c1-22-13-6-5-11(8-14(13)23-2)18-10-12(24-16(18)19)9-17-26(20,21)15-4-3-7-25-15/h3-8,12,17H,9-10H2,1-2H3. The van der Waals surface area contributed by atoms with E-state index in [9.17, 15) is 13.2 Å². The SMILES string of the molecule is COc1ccc(N2CC(CNS(=O)(=O)c3cccs3)OC2=O)cc1OC. The first kappa shape index (κ1) is 18.5. The first-order valence-electron chi connectivity index (χ1n) is 7.68. The number of benzene rings is 1. The summed E-state index contributed by atoms with van der Waals surface area (Å²) in [5.41, 5.74) is 0.580. The van der Waals surface area contributed by atoms with Crippen molar-refractivity contribution in [3.05, 3.63) is 35.7 Å². The van der Waals surface area contributed by atoms with Crippen LogP contribution in [0.3, 0.4) is 0 Å². The lowest BCUT2D eigenvalue weighted by Gasteiger charge is -2.15. The van der Waals surface area contributed by atoms with Crippen molar-refractivity contribution in [3.63, 3.8) is 0 Å². The van der Waals surface area contributed by atoms with E-state index in [1.807, 2.05) is 0 Å². The summed E-state index contributed by atoms with van der Waals surface area (Å²) in [6.45, 7) is 0.219. The van der Waals surface area contributed by atoms with Crippen molar-refractivity contribution >= 4 is 33.1 Å². The summed E-state index contributed by atoms with van der Waals surface area (Å²) in [6.07, 6.45) is -1.14. The van der Waals surface area contributed by atoms with E-state index in [2.05, 4.69) is 4.72 Å². The van der Waals surface area contributed by atoms with Gasteiger partial charge in [0.2, 0.25) is 10.0 Å². The van der Waals surface area contributed by atoms with Gasteiger partial charge in [0.05, 0.1) is 26.5 Å². The molecular weight excluding hydrogens is 380 g/mol. The summed E-state index contributed by atoms with van der Waals surface area (Å²) in [4.78, 5) is 13.6. The third-order valence-corrected chi connectivity index (χ3v) is 6.63. The minimum atomic E-state index is -3.60.